The molecule has 0 aromatic carbocycles. The Morgan fingerprint density at radius 2 is 1.48 bits per heavy atom. The maximum absolute atomic E-state index is 13.7. The van der Waals surface area contributed by atoms with Gasteiger partial charge in [-0.1, -0.05) is 6.92 Å². The van der Waals surface area contributed by atoms with Crippen molar-refractivity contribution in [3.63, 3.8) is 0 Å². The molecule has 148 valence electrons. The first kappa shape index (κ1) is 23.6. The fourth-order valence-corrected chi connectivity index (χ4v) is 1.64. The van der Waals surface area contributed by atoms with Crippen LogP contribution in [0.2, 0.25) is 0 Å². The summed E-state index contributed by atoms with van der Waals surface area (Å²) < 4.78 is 134. The fourth-order valence-electron chi connectivity index (χ4n) is 1.50. The van der Waals surface area contributed by atoms with Crippen molar-refractivity contribution in [2.75, 3.05) is 0 Å². The van der Waals surface area contributed by atoms with Crippen LogP contribution in [0.4, 0.5) is 39.5 Å². The van der Waals surface area contributed by atoms with Gasteiger partial charge in [-0.3, -0.25) is 4.55 Å². The van der Waals surface area contributed by atoms with Gasteiger partial charge in [0.25, 0.3) is 11.3 Å². The quantitative estimate of drug-likeness (QED) is 0.292. The summed E-state index contributed by atoms with van der Waals surface area (Å²) in [5, 5.41) is 0. The minimum Gasteiger partial charge on any atom is -0.352 e. The molecule has 0 aliphatic heterocycles. The number of carbonyl (C=O) groups excluding carboxylic acids is 1. The van der Waals surface area contributed by atoms with Crippen LogP contribution in [0.1, 0.15) is 20.3 Å². The third-order valence-corrected chi connectivity index (χ3v) is 3.10. The molecular formula is C10H10F9NO4S. The zero-order valence-corrected chi connectivity index (χ0v) is 13.0. The van der Waals surface area contributed by atoms with E-state index in [9.17, 15) is 48.5 Å². The fraction of sp³-hybridized carbons (Fsp3) is 0.700. The van der Waals surface area contributed by atoms with Crippen LogP contribution in [0.5, 0.6) is 0 Å². The van der Waals surface area contributed by atoms with Gasteiger partial charge in [0.2, 0.25) is 0 Å². The van der Waals surface area contributed by atoms with E-state index in [4.69, 9.17) is 4.55 Å². The second-order valence-corrected chi connectivity index (χ2v) is 5.07. The molecule has 0 bridgehead atoms. The number of alkyl halides is 9. The second kappa shape index (κ2) is 7.49. The van der Waals surface area contributed by atoms with Gasteiger partial charge >= 0.3 is 29.9 Å². The SMILES string of the molecule is CCC(C(=O)ONS(=O)O)=C(C)C(F)(F)C(F)(F)C(F)(F)C(F)(F)F. The third kappa shape index (κ3) is 4.44. The minimum absolute atomic E-state index is 0.0242. The van der Waals surface area contributed by atoms with Gasteiger partial charge in [0.15, 0.2) is 0 Å². The van der Waals surface area contributed by atoms with Crippen LogP contribution >= 0.6 is 0 Å². The summed E-state index contributed by atoms with van der Waals surface area (Å²) in [5.74, 6) is -22.1. The van der Waals surface area contributed by atoms with Crippen LogP contribution in [0, 0.1) is 0 Å². The summed E-state index contributed by atoms with van der Waals surface area (Å²) in [6.45, 7) is 0.919. The van der Waals surface area contributed by atoms with Crippen molar-refractivity contribution in [3.05, 3.63) is 11.1 Å². The lowest BCUT2D eigenvalue weighted by molar-refractivity contribution is -0.389. The van der Waals surface area contributed by atoms with Crippen molar-refractivity contribution >= 4 is 17.2 Å². The Hall–Kier alpha value is -1.35. The van der Waals surface area contributed by atoms with Crippen molar-refractivity contribution in [2.24, 2.45) is 0 Å². The average molecular weight is 411 g/mol. The third-order valence-electron chi connectivity index (χ3n) is 2.87. The monoisotopic (exact) mass is 411 g/mol. The Morgan fingerprint density at radius 1 is 1.04 bits per heavy atom. The molecule has 0 radical (unpaired) electrons. The van der Waals surface area contributed by atoms with Gasteiger partial charge in [-0.25, -0.2) is 9.00 Å². The average Bonchev–Trinajstić information content (AvgIpc) is 2.43. The molecular weight excluding hydrogens is 401 g/mol. The molecule has 0 aliphatic carbocycles. The van der Waals surface area contributed by atoms with Crippen LogP contribution < -0.4 is 4.89 Å². The largest absolute Gasteiger partial charge is 0.460 e. The highest BCUT2D eigenvalue weighted by molar-refractivity contribution is 7.76. The first-order valence-electron chi connectivity index (χ1n) is 5.93. The van der Waals surface area contributed by atoms with E-state index in [1.54, 1.807) is 0 Å². The van der Waals surface area contributed by atoms with E-state index in [0.717, 1.165) is 11.8 Å². The van der Waals surface area contributed by atoms with E-state index in [-0.39, 0.29) is 6.92 Å². The number of halogens is 9. The van der Waals surface area contributed by atoms with Crippen molar-refractivity contribution in [2.45, 2.75) is 44.2 Å². The van der Waals surface area contributed by atoms with Gasteiger partial charge in [-0.15, -0.1) is 0 Å². The van der Waals surface area contributed by atoms with Gasteiger partial charge < -0.3 is 4.84 Å². The summed E-state index contributed by atoms with van der Waals surface area (Å²) in [7, 11) is 0. The molecule has 1 atom stereocenters. The first-order chi connectivity index (χ1) is 10.9. The number of hydrogen-bond acceptors (Lipinski definition) is 3. The highest BCUT2D eigenvalue weighted by Crippen LogP contribution is 2.55. The van der Waals surface area contributed by atoms with Crippen LogP contribution in [0.25, 0.3) is 0 Å². The summed E-state index contributed by atoms with van der Waals surface area (Å²) >= 11 is -3.00. The van der Waals surface area contributed by atoms with Crippen LogP contribution in [-0.2, 0) is 20.9 Å². The van der Waals surface area contributed by atoms with Crippen molar-refractivity contribution in [3.8, 4) is 0 Å². The summed E-state index contributed by atoms with van der Waals surface area (Å²) in [6, 6.07) is 0. The topological polar surface area (TPSA) is 75.6 Å². The molecule has 0 aromatic heterocycles. The van der Waals surface area contributed by atoms with Gasteiger partial charge in [0.05, 0.1) is 0 Å². The Bertz CT molecular complexity index is 573. The zero-order valence-electron chi connectivity index (χ0n) is 12.2. The molecule has 0 rings (SSSR count). The standard InChI is InChI=1S/C10H10F9NO4S/c1-3-5(6(21)24-20-25(22)23)4(2)7(11,12)8(13,14)9(15,16)10(17,18)19/h20H,3H2,1-2H3,(H,22,23). The molecule has 15 heteroatoms. The predicted octanol–water partition coefficient (Wildman–Crippen LogP) is 3.37. The molecule has 0 saturated carbocycles. The van der Waals surface area contributed by atoms with Crippen LogP contribution in [0.15, 0.2) is 11.1 Å². The minimum atomic E-state index is -7.11. The Kier molecular flexibility index (Phi) is 7.09. The van der Waals surface area contributed by atoms with Crippen LogP contribution in [-0.4, -0.2) is 38.7 Å². The van der Waals surface area contributed by atoms with E-state index >= 15 is 0 Å². The lowest BCUT2D eigenvalue weighted by atomic mass is 9.93. The molecule has 1 unspecified atom stereocenters. The number of allylic oxidation sites excluding steroid dienone is 1. The lowest BCUT2D eigenvalue weighted by Crippen LogP contribution is -2.61. The number of hydrogen-bond donors (Lipinski definition) is 2. The molecule has 0 aromatic rings. The van der Waals surface area contributed by atoms with Crippen molar-refractivity contribution < 1.29 is 57.9 Å². The first-order valence-corrected chi connectivity index (χ1v) is 7.03. The highest BCUT2D eigenvalue weighted by atomic mass is 32.2. The van der Waals surface area contributed by atoms with Gasteiger partial charge in [0.1, 0.15) is 0 Å². The Balaban J connectivity index is 6.09. The molecule has 0 amide bonds. The van der Waals surface area contributed by atoms with E-state index < -0.39 is 58.7 Å². The number of nitrogens with one attached hydrogen (secondary N) is 1. The van der Waals surface area contributed by atoms with E-state index in [1.165, 1.54) is 0 Å². The lowest BCUT2D eigenvalue weighted by Gasteiger charge is -2.34. The predicted molar refractivity (Wildman–Crippen MR) is 63.9 cm³/mol. The number of carbonyl (C=O) groups is 1. The number of rotatable bonds is 7. The Labute approximate surface area is 136 Å². The summed E-state index contributed by atoms with van der Waals surface area (Å²) in [6.07, 6.45) is -7.85. The van der Waals surface area contributed by atoms with Crippen molar-refractivity contribution in [1.29, 1.82) is 0 Å². The summed E-state index contributed by atoms with van der Waals surface area (Å²) in [4.78, 5) is 16.2. The molecule has 25 heavy (non-hydrogen) atoms. The molecule has 0 saturated heterocycles. The molecule has 0 fully saturated rings. The molecule has 0 heterocycles. The van der Waals surface area contributed by atoms with Gasteiger partial charge in [-0.2, -0.15) is 39.5 Å². The van der Waals surface area contributed by atoms with Gasteiger partial charge in [-0.05, 0) is 18.2 Å². The molecule has 5 nitrogen and oxygen atoms in total. The van der Waals surface area contributed by atoms with Gasteiger partial charge in [0, 0.05) is 11.1 Å². The smallest absolute Gasteiger partial charge is 0.352 e. The Morgan fingerprint density at radius 3 is 1.80 bits per heavy atom. The van der Waals surface area contributed by atoms with Crippen LogP contribution in [0.3, 0.4) is 0 Å². The summed E-state index contributed by atoms with van der Waals surface area (Å²) in [5.41, 5.74) is -3.53. The second-order valence-electron chi connectivity index (χ2n) is 4.40. The molecule has 2 N–H and O–H groups in total. The van der Waals surface area contributed by atoms with E-state index in [1.807, 2.05) is 0 Å². The normalized spacial score (nSPS) is 16.3. The highest BCUT2D eigenvalue weighted by Gasteiger charge is 2.82. The van der Waals surface area contributed by atoms with E-state index in [0.29, 0.717) is 0 Å². The van der Waals surface area contributed by atoms with E-state index in [2.05, 4.69) is 4.84 Å². The molecule has 0 spiro atoms. The zero-order chi connectivity index (χ0) is 20.4. The maximum atomic E-state index is 13.7. The molecule has 0 aliphatic rings. The maximum Gasteiger partial charge on any atom is 0.460 e. The van der Waals surface area contributed by atoms with Crippen molar-refractivity contribution in [1.82, 2.24) is 4.89 Å².